The normalized spacial score (nSPS) is 12.7. The van der Waals surface area contributed by atoms with Crippen LogP contribution in [0.25, 0.3) is 0 Å². The first-order valence-electron chi connectivity index (χ1n) is 10.4. The first-order valence-corrected chi connectivity index (χ1v) is 10.7. The summed E-state index contributed by atoms with van der Waals surface area (Å²) in [6, 6.07) is 14.3. The van der Waals surface area contributed by atoms with Crippen molar-refractivity contribution in [2.75, 3.05) is 7.11 Å². The molecule has 1 N–H and O–H groups in total. The van der Waals surface area contributed by atoms with E-state index in [1.165, 1.54) is 0 Å². The molecule has 2 unspecified atom stereocenters. The first-order chi connectivity index (χ1) is 14.4. The Morgan fingerprint density at radius 3 is 2.30 bits per heavy atom. The molecule has 0 heterocycles. The van der Waals surface area contributed by atoms with Gasteiger partial charge in [-0.25, -0.2) is 0 Å². The zero-order chi connectivity index (χ0) is 22.1. The minimum atomic E-state index is -0.568. The molecule has 2 rings (SSSR count). The van der Waals surface area contributed by atoms with Crippen LogP contribution >= 0.6 is 11.6 Å². The lowest BCUT2D eigenvalue weighted by Crippen LogP contribution is -2.51. The van der Waals surface area contributed by atoms with Crippen molar-refractivity contribution >= 4 is 23.4 Å². The average Bonchev–Trinajstić information content (AvgIpc) is 2.75. The predicted molar refractivity (Wildman–Crippen MR) is 121 cm³/mol. The zero-order valence-electron chi connectivity index (χ0n) is 18.2. The number of rotatable bonds is 10. The van der Waals surface area contributed by atoms with Crippen molar-refractivity contribution in [3.05, 3.63) is 64.7 Å². The highest BCUT2D eigenvalue weighted by atomic mass is 35.5. The molecule has 5 nitrogen and oxygen atoms in total. The van der Waals surface area contributed by atoms with Gasteiger partial charge in [0.15, 0.2) is 0 Å². The fraction of sp³-hybridized carbons (Fsp3) is 0.417. The van der Waals surface area contributed by atoms with Gasteiger partial charge < -0.3 is 15.0 Å². The number of amides is 2. The van der Waals surface area contributed by atoms with E-state index < -0.39 is 6.04 Å². The van der Waals surface area contributed by atoms with E-state index in [9.17, 15) is 9.59 Å². The summed E-state index contributed by atoms with van der Waals surface area (Å²) in [6.45, 7) is 6.17. The summed E-state index contributed by atoms with van der Waals surface area (Å²) >= 11 is 6.35. The molecule has 2 aromatic carbocycles. The number of hydrogen-bond donors (Lipinski definition) is 1. The lowest BCUT2D eigenvalue weighted by molar-refractivity contribution is -0.141. The summed E-state index contributed by atoms with van der Waals surface area (Å²) in [6.07, 6.45) is 1.54. The average molecular weight is 431 g/mol. The van der Waals surface area contributed by atoms with Crippen LogP contribution in [0.2, 0.25) is 5.02 Å². The molecule has 0 radical (unpaired) electrons. The Hall–Kier alpha value is -2.53. The van der Waals surface area contributed by atoms with Gasteiger partial charge in [-0.2, -0.15) is 0 Å². The van der Waals surface area contributed by atoms with E-state index in [4.69, 9.17) is 16.3 Å². The Bertz CT molecular complexity index is 839. The number of nitrogens with one attached hydrogen (secondary N) is 1. The van der Waals surface area contributed by atoms with Crippen molar-refractivity contribution < 1.29 is 14.3 Å². The SMILES string of the molecule is CCC(C)NC(=O)C(CC)N(Cc1ccccc1Cl)C(=O)Cc1ccc(OC)cc1. The molecule has 0 saturated carbocycles. The largest absolute Gasteiger partial charge is 0.497 e. The molecule has 0 aliphatic heterocycles. The number of benzene rings is 2. The molecule has 0 aliphatic carbocycles. The highest BCUT2D eigenvalue weighted by Crippen LogP contribution is 2.21. The molecule has 0 fully saturated rings. The quantitative estimate of drug-likeness (QED) is 0.598. The van der Waals surface area contributed by atoms with Crippen molar-refractivity contribution in [1.82, 2.24) is 10.2 Å². The van der Waals surface area contributed by atoms with Crippen LogP contribution in [0.4, 0.5) is 0 Å². The standard InChI is InChI=1S/C24H31ClN2O3/c1-5-17(3)26-24(29)22(6-2)27(16-19-9-7-8-10-21(19)25)23(28)15-18-11-13-20(30-4)14-12-18/h7-14,17,22H,5-6,15-16H2,1-4H3,(H,26,29). The van der Waals surface area contributed by atoms with Gasteiger partial charge in [0.05, 0.1) is 13.5 Å². The van der Waals surface area contributed by atoms with Crippen molar-refractivity contribution in [1.29, 1.82) is 0 Å². The molecular formula is C24H31ClN2O3. The van der Waals surface area contributed by atoms with Crippen LogP contribution < -0.4 is 10.1 Å². The Kier molecular flexibility index (Phi) is 9.18. The smallest absolute Gasteiger partial charge is 0.243 e. The molecule has 0 aromatic heterocycles. The van der Waals surface area contributed by atoms with Crippen LogP contribution in [0.3, 0.4) is 0 Å². The number of ether oxygens (including phenoxy) is 1. The van der Waals surface area contributed by atoms with E-state index in [-0.39, 0.29) is 30.8 Å². The monoisotopic (exact) mass is 430 g/mol. The molecule has 0 bridgehead atoms. The molecule has 0 saturated heterocycles. The Morgan fingerprint density at radius 1 is 1.07 bits per heavy atom. The van der Waals surface area contributed by atoms with Crippen LogP contribution in [0, 0.1) is 0 Å². The van der Waals surface area contributed by atoms with Gasteiger partial charge in [-0.3, -0.25) is 9.59 Å². The zero-order valence-corrected chi connectivity index (χ0v) is 18.9. The van der Waals surface area contributed by atoms with Gasteiger partial charge in [0.1, 0.15) is 11.8 Å². The van der Waals surface area contributed by atoms with Gasteiger partial charge >= 0.3 is 0 Å². The minimum absolute atomic E-state index is 0.0467. The van der Waals surface area contributed by atoms with E-state index in [1.54, 1.807) is 18.1 Å². The number of carbonyl (C=O) groups is 2. The van der Waals surface area contributed by atoms with Crippen LogP contribution in [0.15, 0.2) is 48.5 Å². The second-order valence-electron chi connectivity index (χ2n) is 7.38. The van der Waals surface area contributed by atoms with E-state index in [0.29, 0.717) is 11.4 Å². The Balaban J connectivity index is 2.29. The maximum Gasteiger partial charge on any atom is 0.243 e. The molecule has 0 spiro atoms. The molecule has 0 aliphatic rings. The van der Waals surface area contributed by atoms with Gasteiger partial charge in [0.25, 0.3) is 0 Å². The van der Waals surface area contributed by atoms with Crippen molar-refractivity contribution in [2.45, 2.75) is 58.7 Å². The maximum atomic E-state index is 13.3. The summed E-state index contributed by atoms with van der Waals surface area (Å²) in [5, 5.41) is 3.59. The van der Waals surface area contributed by atoms with Gasteiger partial charge in [-0.15, -0.1) is 0 Å². The molecule has 30 heavy (non-hydrogen) atoms. The minimum Gasteiger partial charge on any atom is -0.497 e. The molecule has 6 heteroatoms. The third-order valence-corrected chi connectivity index (χ3v) is 5.57. The van der Waals surface area contributed by atoms with Crippen LogP contribution in [-0.4, -0.2) is 35.9 Å². The van der Waals surface area contributed by atoms with Crippen molar-refractivity contribution in [2.24, 2.45) is 0 Å². The van der Waals surface area contributed by atoms with Gasteiger partial charge in [0.2, 0.25) is 11.8 Å². The number of methoxy groups -OCH3 is 1. The summed E-state index contributed by atoms with van der Waals surface area (Å²) < 4.78 is 5.19. The summed E-state index contributed by atoms with van der Waals surface area (Å²) in [4.78, 5) is 27.9. The number of hydrogen-bond acceptors (Lipinski definition) is 3. The number of nitrogens with zero attached hydrogens (tertiary/aromatic N) is 1. The number of carbonyl (C=O) groups excluding carboxylic acids is 2. The Morgan fingerprint density at radius 2 is 1.73 bits per heavy atom. The van der Waals surface area contributed by atoms with Crippen LogP contribution in [0.5, 0.6) is 5.75 Å². The second kappa shape index (κ2) is 11.6. The lowest BCUT2D eigenvalue weighted by Gasteiger charge is -2.32. The molecule has 162 valence electrons. The fourth-order valence-electron chi connectivity index (χ4n) is 3.19. The summed E-state index contributed by atoms with van der Waals surface area (Å²) in [5.41, 5.74) is 1.68. The molecule has 2 aromatic rings. The molecule has 2 amide bonds. The highest BCUT2D eigenvalue weighted by molar-refractivity contribution is 6.31. The second-order valence-corrected chi connectivity index (χ2v) is 7.79. The first kappa shape index (κ1) is 23.7. The molecule has 2 atom stereocenters. The maximum absolute atomic E-state index is 13.3. The van der Waals surface area contributed by atoms with Gasteiger partial charge in [-0.05, 0) is 49.1 Å². The summed E-state index contributed by atoms with van der Waals surface area (Å²) in [7, 11) is 1.60. The van der Waals surface area contributed by atoms with E-state index >= 15 is 0 Å². The fourth-order valence-corrected chi connectivity index (χ4v) is 3.39. The third kappa shape index (κ3) is 6.49. The summed E-state index contributed by atoms with van der Waals surface area (Å²) in [5.74, 6) is 0.478. The van der Waals surface area contributed by atoms with E-state index in [0.717, 1.165) is 23.3 Å². The van der Waals surface area contributed by atoms with Crippen LogP contribution in [-0.2, 0) is 22.6 Å². The predicted octanol–water partition coefficient (Wildman–Crippen LogP) is 4.61. The van der Waals surface area contributed by atoms with E-state index in [1.807, 2.05) is 63.2 Å². The topological polar surface area (TPSA) is 58.6 Å². The highest BCUT2D eigenvalue weighted by Gasteiger charge is 2.29. The molecular weight excluding hydrogens is 400 g/mol. The number of halogens is 1. The van der Waals surface area contributed by atoms with E-state index in [2.05, 4.69) is 5.32 Å². The van der Waals surface area contributed by atoms with Crippen molar-refractivity contribution in [3.8, 4) is 5.75 Å². The van der Waals surface area contributed by atoms with Crippen molar-refractivity contribution in [3.63, 3.8) is 0 Å². The van der Waals surface area contributed by atoms with Crippen LogP contribution in [0.1, 0.15) is 44.7 Å². The lowest BCUT2D eigenvalue weighted by atomic mass is 10.1. The van der Waals surface area contributed by atoms with Gasteiger partial charge in [-0.1, -0.05) is 55.8 Å². The van der Waals surface area contributed by atoms with Gasteiger partial charge in [0, 0.05) is 17.6 Å². The Labute approximate surface area is 184 Å². The third-order valence-electron chi connectivity index (χ3n) is 5.20.